The van der Waals surface area contributed by atoms with Gasteiger partial charge in [-0.2, -0.15) is 0 Å². The summed E-state index contributed by atoms with van der Waals surface area (Å²) < 4.78 is 5.15. The van der Waals surface area contributed by atoms with Crippen LogP contribution < -0.4 is 4.57 Å². The average Bonchev–Trinajstić information content (AvgIpc) is 3.11. The number of hydrogen-bond acceptors (Lipinski definition) is 0. The molecule has 0 saturated heterocycles. The normalized spacial score (nSPS) is 11.4. The van der Waals surface area contributed by atoms with Gasteiger partial charge in [0.15, 0.2) is 0 Å². The summed E-state index contributed by atoms with van der Waals surface area (Å²) in [7, 11) is 0. The summed E-state index contributed by atoms with van der Waals surface area (Å²) in [4.78, 5) is 0. The number of hydrogen-bond donors (Lipinski definition) is 0. The van der Waals surface area contributed by atoms with Gasteiger partial charge in [0.25, 0.3) is 5.82 Å². The largest absolute Gasteiger partial charge is 0.256 e. The predicted molar refractivity (Wildman–Crippen MR) is 128 cm³/mol. The third-order valence-electron chi connectivity index (χ3n) is 6.35. The molecule has 0 aliphatic rings. The molecule has 29 heavy (non-hydrogen) atoms. The Bertz CT molecular complexity index is 463. The van der Waals surface area contributed by atoms with E-state index in [-0.39, 0.29) is 0 Å². The van der Waals surface area contributed by atoms with E-state index in [9.17, 15) is 0 Å². The zero-order valence-corrected chi connectivity index (χ0v) is 20.4. The highest BCUT2D eigenvalue weighted by Gasteiger charge is 2.16. The molecular formula is C27H53N2+. The molecular weight excluding hydrogens is 352 g/mol. The zero-order chi connectivity index (χ0) is 21.0. The first kappa shape index (κ1) is 26.2. The summed E-state index contributed by atoms with van der Waals surface area (Å²) in [6.45, 7) is 9.36. The Labute approximate surface area is 183 Å². The van der Waals surface area contributed by atoms with Crippen molar-refractivity contribution >= 4 is 0 Å². The molecule has 0 radical (unpaired) electrons. The maximum absolute atomic E-state index is 2.58. The van der Waals surface area contributed by atoms with E-state index in [4.69, 9.17) is 0 Å². The van der Waals surface area contributed by atoms with Crippen LogP contribution in [0, 0.1) is 0 Å². The van der Waals surface area contributed by atoms with Crippen molar-refractivity contribution in [1.29, 1.82) is 0 Å². The van der Waals surface area contributed by atoms with Gasteiger partial charge >= 0.3 is 0 Å². The van der Waals surface area contributed by atoms with E-state index in [1.54, 1.807) is 5.82 Å². The van der Waals surface area contributed by atoms with Crippen LogP contribution >= 0.6 is 0 Å². The van der Waals surface area contributed by atoms with Gasteiger partial charge in [0.2, 0.25) is 0 Å². The van der Waals surface area contributed by atoms with Crippen molar-refractivity contribution in [3.05, 3.63) is 18.2 Å². The Morgan fingerprint density at radius 3 is 1.66 bits per heavy atom. The van der Waals surface area contributed by atoms with E-state index in [2.05, 4.69) is 42.3 Å². The molecule has 1 rings (SSSR count). The number of rotatable bonds is 21. The Morgan fingerprint density at radius 1 is 0.586 bits per heavy atom. The molecule has 0 aliphatic carbocycles. The van der Waals surface area contributed by atoms with Gasteiger partial charge in [-0.25, -0.2) is 9.13 Å². The van der Waals surface area contributed by atoms with E-state index >= 15 is 0 Å². The van der Waals surface area contributed by atoms with Crippen LogP contribution in [0.15, 0.2) is 12.4 Å². The smallest absolute Gasteiger partial charge is 0.234 e. The van der Waals surface area contributed by atoms with E-state index in [0.717, 1.165) is 0 Å². The number of aryl methyl sites for hydroxylation is 2. The third kappa shape index (κ3) is 13.2. The first-order valence-electron chi connectivity index (χ1n) is 13.4. The summed E-state index contributed by atoms with van der Waals surface area (Å²) in [6.07, 6.45) is 31.1. The topological polar surface area (TPSA) is 8.81 Å². The Hall–Kier alpha value is -0.790. The SMILES string of the molecule is CCCCCCCCCCn1cc[n+](CCCCCCCCC)c1CCCCC. The summed E-state index contributed by atoms with van der Waals surface area (Å²) in [6, 6.07) is 0. The quantitative estimate of drug-likeness (QED) is 0.143. The minimum atomic E-state index is 1.22. The van der Waals surface area contributed by atoms with Gasteiger partial charge in [-0.15, -0.1) is 0 Å². The first-order chi connectivity index (χ1) is 14.3. The van der Waals surface area contributed by atoms with Crippen LogP contribution in [0.25, 0.3) is 0 Å². The molecule has 2 nitrogen and oxygen atoms in total. The molecule has 0 bridgehead atoms. The van der Waals surface area contributed by atoms with E-state index in [0.29, 0.717) is 0 Å². The molecule has 0 amide bonds. The second kappa shape index (κ2) is 19.2. The molecule has 0 aromatic carbocycles. The summed E-state index contributed by atoms with van der Waals surface area (Å²) in [5, 5.41) is 0. The second-order valence-corrected chi connectivity index (χ2v) is 9.15. The van der Waals surface area contributed by atoms with E-state index < -0.39 is 0 Å². The lowest BCUT2D eigenvalue weighted by atomic mass is 10.1. The molecule has 0 spiro atoms. The molecule has 2 heteroatoms. The van der Waals surface area contributed by atoms with Gasteiger partial charge in [-0.3, -0.25) is 0 Å². The molecule has 0 N–H and O–H groups in total. The van der Waals surface area contributed by atoms with Gasteiger partial charge in [0, 0.05) is 6.42 Å². The van der Waals surface area contributed by atoms with E-state index in [1.165, 1.54) is 135 Å². The Kier molecular flexibility index (Phi) is 17.4. The average molecular weight is 406 g/mol. The van der Waals surface area contributed by atoms with Crippen LogP contribution in [0.4, 0.5) is 0 Å². The molecule has 0 unspecified atom stereocenters. The molecule has 170 valence electrons. The highest BCUT2D eigenvalue weighted by atomic mass is 15.1. The van der Waals surface area contributed by atoms with Crippen molar-refractivity contribution < 1.29 is 4.57 Å². The molecule has 0 fully saturated rings. The van der Waals surface area contributed by atoms with Crippen molar-refractivity contribution in [2.24, 2.45) is 0 Å². The third-order valence-corrected chi connectivity index (χ3v) is 6.35. The van der Waals surface area contributed by atoms with Gasteiger partial charge in [0.05, 0.1) is 13.1 Å². The Balaban J connectivity index is 2.34. The predicted octanol–water partition coefficient (Wildman–Crippen LogP) is 8.40. The van der Waals surface area contributed by atoms with Crippen LogP contribution in [0.3, 0.4) is 0 Å². The van der Waals surface area contributed by atoms with Crippen LogP contribution in [-0.2, 0) is 19.5 Å². The molecule has 0 aliphatic heterocycles. The van der Waals surface area contributed by atoms with Crippen LogP contribution in [0.2, 0.25) is 0 Å². The lowest BCUT2D eigenvalue weighted by molar-refractivity contribution is -0.704. The molecule has 1 aromatic rings. The Morgan fingerprint density at radius 2 is 1.07 bits per heavy atom. The minimum Gasteiger partial charge on any atom is -0.234 e. The fourth-order valence-corrected chi connectivity index (χ4v) is 4.38. The number of imidazole rings is 1. The number of nitrogens with zero attached hydrogens (tertiary/aromatic N) is 2. The zero-order valence-electron chi connectivity index (χ0n) is 20.4. The van der Waals surface area contributed by atoms with E-state index in [1.807, 2.05) is 0 Å². The highest BCUT2D eigenvalue weighted by Crippen LogP contribution is 2.12. The van der Waals surface area contributed by atoms with Crippen molar-refractivity contribution in [2.45, 2.75) is 156 Å². The molecule has 1 aromatic heterocycles. The van der Waals surface area contributed by atoms with Gasteiger partial charge in [0.1, 0.15) is 12.4 Å². The maximum atomic E-state index is 2.58. The fourth-order valence-electron chi connectivity index (χ4n) is 4.38. The molecule has 1 heterocycles. The van der Waals surface area contributed by atoms with Gasteiger partial charge < -0.3 is 0 Å². The lowest BCUT2D eigenvalue weighted by Gasteiger charge is -2.06. The summed E-state index contributed by atoms with van der Waals surface area (Å²) >= 11 is 0. The monoisotopic (exact) mass is 405 g/mol. The standard InChI is InChI=1S/C27H53N2/c1-4-7-10-12-14-16-18-21-24-29-26-25-28(27(29)22-19-9-6-3)23-20-17-15-13-11-8-5-2/h25-26H,4-24H2,1-3H3/q+1. The summed E-state index contributed by atoms with van der Waals surface area (Å²) in [5.41, 5.74) is 0. The fraction of sp³-hybridized carbons (Fsp3) is 0.889. The van der Waals surface area contributed by atoms with Crippen molar-refractivity contribution in [2.75, 3.05) is 0 Å². The van der Waals surface area contributed by atoms with Crippen LogP contribution in [0.1, 0.15) is 142 Å². The van der Waals surface area contributed by atoms with Crippen molar-refractivity contribution in [3.8, 4) is 0 Å². The van der Waals surface area contributed by atoms with Crippen molar-refractivity contribution in [1.82, 2.24) is 4.57 Å². The first-order valence-corrected chi connectivity index (χ1v) is 13.4. The van der Waals surface area contributed by atoms with Crippen LogP contribution in [0.5, 0.6) is 0 Å². The second-order valence-electron chi connectivity index (χ2n) is 9.15. The molecule has 0 saturated carbocycles. The number of unbranched alkanes of at least 4 members (excludes halogenated alkanes) is 15. The lowest BCUT2D eigenvalue weighted by Crippen LogP contribution is -2.37. The van der Waals surface area contributed by atoms with Crippen molar-refractivity contribution in [3.63, 3.8) is 0 Å². The summed E-state index contributed by atoms with van der Waals surface area (Å²) in [5.74, 6) is 1.59. The van der Waals surface area contributed by atoms with Crippen LogP contribution in [-0.4, -0.2) is 4.57 Å². The highest BCUT2D eigenvalue weighted by molar-refractivity contribution is 4.84. The van der Waals surface area contributed by atoms with Gasteiger partial charge in [-0.05, 0) is 32.1 Å². The minimum absolute atomic E-state index is 1.22. The maximum Gasteiger partial charge on any atom is 0.256 e. The number of aromatic nitrogens is 2. The molecule has 0 atom stereocenters. The van der Waals surface area contributed by atoms with Gasteiger partial charge in [-0.1, -0.05) is 104 Å².